The van der Waals surface area contributed by atoms with E-state index >= 15 is 0 Å². The van der Waals surface area contributed by atoms with Crippen molar-refractivity contribution in [3.8, 4) is 0 Å². The zero-order valence-electron chi connectivity index (χ0n) is 11.9. The lowest BCUT2D eigenvalue weighted by Gasteiger charge is -2.18. The summed E-state index contributed by atoms with van der Waals surface area (Å²) in [6.07, 6.45) is 5.78. The number of anilines is 1. The van der Waals surface area contributed by atoms with Gasteiger partial charge in [-0.3, -0.25) is 4.79 Å². The summed E-state index contributed by atoms with van der Waals surface area (Å²) in [5, 5.41) is 6.37. The van der Waals surface area contributed by atoms with E-state index in [4.69, 9.17) is 0 Å². The van der Waals surface area contributed by atoms with Gasteiger partial charge in [-0.05, 0) is 43.9 Å². The molecule has 0 bridgehead atoms. The normalized spacial score (nSPS) is 17.2. The van der Waals surface area contributed by atoms with Gasteiger partial charge >= 0.3 is 0 Å². The summed E-state index contributed by atoms with van der Waals surface area (Å²) < 4.78 is 0. The Kier molecular flexibility index (Phi) is 4.83. The number of carbonyl (C=O) groups excluding carboxylic acids is 1. The van der Waals surface area contributed by atoms with Crippen LogP contribution in [0, 0.1) is 0 Å². The van der Waals surface area contributed by atoms with Crippen LogP contribution in [0.5, 0.6) is 0 Å². The van der Waals surface area contributed by atoms with Gasteiger partial charge in [0.25, 0.3) is 0 Å². The molecular formula is C16H24N2O. The van der Waals surface area contributed by atoms with E-state index in [1.54, 1.807) is 0 Å². The second-order valence-electron chi connectivity index (χ2n) is 5.41. The maximum absolute atomic E-state index is 12.1. The van der Waals surface area contributed by atoms with Crippen LogP contribution in [0.4, 0.5) is 5.69 Å². The van der Waals surface area contributed by atoms with Crippen molar-refractivity contribution in [2.24, 2.45) is 0 Å². The van der Waals surface area contributed by atoms with Crippen molar-refractivity contribution in [1.82, 2.24) is 5.32 Å². The van der Waals surface area contributed by atoms with Gasteiger partial charge in [0.15, 0.2) is 0 Å². The summed E-state index contributed by atoms with van der Waals surface area (Å²) in [4.78, 5) is 12.1. The van der Waals surface area contributed by atoms with Crippen LogP contribution in [0.15, 0.2) is 24.3 Å². The van der Waals surface area contributed by atoms with Gasteiger partial charge < -0.3 is 10.6 Å². The molecule has 0 unspecified atom stereocenters. The van der Waals surface area contributed by atoms with E-state index in [0.29, 0.717) is 6.04 Å². The quantitative estimate of drug-likeness (QED) is 0.854. The van der Waals surface area contributed by atoms with Crippen molar-refractivity contribution in [1.29, 1.82) is 0 Å². The number of nitrogens with one attached hydrogen (secondary N) is 2. The van der Waals surface area contributed by atoms with Crippen LogP contribution >= 0.6 is 0 Å². The average molecular weight is 260 g/mol. The minimum atomic E-state index is -0.187. The molecule has 1 aliphatic carbocycles. The molecule has 1 amide bonds. The van der Waals surface area contributed by atoms with Gasteiger partial charge in [-0.25, -0.2) is 0 Å². The average Bonchev–Trinajstić information content (AvgIpc) is 2.92. The third kappa shape index (κ3) is 3.98. The molecule has 1 saturated carbocycles. The number of carbonyl (C=O) groups is 1. The molecule has 2 N–H and O–H groups in total. The number of benzene rings is 1. The second-order valence-corrected chi connectivity index (χ2v) is 5.41. The summed E-state index contributed by atoms with van der Waals surface area (Å²) in [5.41, 5.74) is 2.32. The Labute approximate surface area is 115 Å². The molecule has 3 nitrogen and oxygen atoms in total. The fourth-order valence-corrected chi connectivity index (χ4v) is 2.55. The molecule has 3 heteroatoms. The zero-order chi connectivity index (χ0) is 13.7. The Morgan fingerprint density at radius 1 is 1.26 bits per heavy atom. The van der Waals surface area contributed by atoms with Gasteiger partial charge in [-0.1, -0.05) is 31.9 Å². The molecular weight excluding hydrogens is 236 g/mol. The first-order chi connectivity index (χ1) is 9.19. The molecule has 0 aliphatic heterocycles. The summed E-state index contributed by atoms with van der Waals surface area (Å²) in [6.45, 7) is 4.05. The van der Waals surface area contributed by atoms with E-state index in [1.165, 1.54) is 18.4 Å². The fraction of sp³-hybridized carbons (Fsp3) is 0.562. The largest absolute Gasteiger partial charge is 0.374 e. The van der Waals surface area contributed by atoms with E-state index in [0.717, 1.165) is 24.9 Å². The van der Waals surface area contributed by atoms with E-state index in [1.807, 2.05) is 19.1 Å². The van der Waals surface area contributed by atoms with Crippen molar-refractivity contribution in [2.45, 2.75) is 58.0 Å². The van der Waals surface area contributed by atoms with Crippen molar-refractivity contribution in [2.75, 3.05) is 5.32 Å². The van der Waals surface area contributed by atoms with Crippen LogP contribution in [0.1, 0.15) is 45.1 Å². The fourth-order valence-electron chi connectivity index (χ4n) is 2.55. The summed E-state index contributed by atoms with van der Waals surface area (Å²) in [6, 6.07) is 8.48. The molecule has 1 aromatic rings. The molecule has 2 rings (SSSR count). The molecule has 0 saturated heterocycles. The maximum Gasteiger partial charge on any atom is 0.242 e. The summed E-state index contributed by atoms with van der Waals surface area (Å²) in [5.74, 6) is 0.103. The highest BCUT2D eigenvalue weighted by atomic mass is 16.2. The monoisotopic (exact) mass is 260 g/mol. The standard InChI is InChI=1S/C16H24N2O/c1-3-13-8-10-15(11-9-13)17-12(2)16(19)18-14-6-4-5-7-14/h8-12,14,17H,3-7H2,1-2H3,(H,18,19)/t12-/m0/s1. The molecule has 19 heavy (non-hydrogen) atoms. The molecule has 1 atom stereocenters. The molecule has 1 aliphatic rings. The van der Waals surface area contributed by atoms with Crippen molar-refractivity contribution in [3.05, 3.63) is 29.8 Å². The number of amides is 1. The predicted molar refractivity (Wildman–Crippen MR) is 79.3 cm³/mol. The second kappa shape index (κ2) is 6.60. The first-order valence-electron chi connectivity index (χ1n) is 7.35. The van der Waals surface area contributed by atoms with Crippen molar-refractivity contribution < 1.29 is 4.79 Å². The Morgan fingerprint density at radius 3 is 2.47 bits per heavy atom. The third-order valence-corrected chi connectivity index (χ3v) is 3.84. The summed E-state index contributed by atoms with van der Waals surface area (Å²) >= 11 is 0. The first-order valence-corrected chi connectivity index (χ1v) is 7.35. The Balaban J connectivity index is 1.84. The SMILES string of the molecule is CCc1ccc(N[C@@H](C)C(=O)NC2CCCC2)cc1. The topological polar surface area (TPSA) is 41.1 Å². The first kappa shape index (κ1) is 13.9. The molecule has 1 fully saturated rings. The predicted octanol–water partition coefficient (Wildman–Crippen LogP) is 3.11. The summed E-state index contributed by atoms with van der Waals surface area (Å²) in [7, 11) is 0. The molecule has 0 heterocycles. The third-order valence-electron chi connectivity index (χ3n) is 3.84. The van der Waals surface area contributed by atoms with E-state index in [9.17, 15) is 4.79 Å². The molecule has 104 valence electrons. The van der Waals surface area contributed by atoms with Crippen LogP contribution < -0.4 is 10.6 Å². The lowest BCUT2D eigenvalue weighted by atomic mass is 10.1. The Bertz CT molecular complexity index is 407. The van der Waals surface area contributed by atoms with Crippen LogP contribution in [0.25, 0.3) is 0 Å². The van der Waals surface area contributed by atoms with Crippen molar-refractivity contribution >= 4 is 11.6 Å². The van der Waals surface area contributed by atoms with Crippen LogP contribution in [-0.4, -0.2) is 18.0 Å². The van der Waals surface area contributed by atoms with Crippen LogP contribution in [-0.2, 0) is 11.2 Å². The number of aryl methyl sites for hydroxylation is 1. The van der Waals surface area contributed by atoms with E-state index < -0.39 is 0 Å². The van der Waals surface area contributed by atoms with Gasteiger partial charge in [0.1, 0.15) is 6.04 Å². The van der Waals surface area contributed by atoms with Crippen LogP contribution in [0.3, 0.4) is 0 Å². The van der Waals surface area contributed by atoms with Gasteiger partial charge in [0.05, 0.1) is 0 Å². The smallest absolute Gasteiger partial charge is 0.242 e. The van der Waals surface area contributed by atoms with Gasteiger partial charge in [0, 0.05) is 11.7 Å². The number of rotatable bonds is 5. The molecule has 0 spiro atoms. The van der Waals surface area contributed by atoms with Gasteiger partial charge in [-0.2, -0.15) is 0 Å². The maximum atomic E-state index is 12.1. The zero-order valence-corrected chi connectivity index (χ0v) is 11.9. The molecule has 1 aromatic carbocycles. The lowest BCUT2D eigenvalue weighted by molar-refractivity contribution is -0.122. The Hall–Kier alpha value is -1.51. The minimum Gasteiger partial charge on any atom is -0.374 e. The van der Waals surface area contributed by atoms with Gasteiger partial charge in [-0.15, -0.1) is 0 Å². The van der Waals surface area contributed by atoms with E-state index in [-0.39, 0.29) is 11.9 Å². The highest BCUT2D eigenvalue weighted by Gasteiger charge is 2.20. The van der Waals surface area contributed by atoms with Crippen molar-refractivity contribution in [3.63, 3.8) is 0 Å². The highest BCUT2D eigenvalue weighted by molar-refractivity contribution is 5.84. The molecule has 0 aromatic heterocycles. The van der Waals surface area contributed by atoms with Crippen LogP contribution in [0.2, 0.25) is 0 Å². The Morgan fingerprint density at radius 2 is 1.89 bits per heavy atom. The minimum absolute atomic E-state index is 0.103. The van der Waals surface area contributed by atoms with E-state index in [2.05, 4.69) is 29.7 Å². The molecule has 0 radical (unpaired) electrons. The number of hydrogen-bond acceptors (Lipinski definition) is 2. The highest BCUT2D eigenvalue weighted by Crippen LogP contribution is 2.18. The number of hydrogen-bond donors (Lipinski definition) is 2. The van der Waals surface area contributed by atoms with Gasteiger partial charge in [0.2, 0.25) is 5.91 Å². The lowest BCUT2D eigenvalue weighted by Crippen LogP contribution is -2.42.